The van der Waals surface area contributed by atoms with Gasteiger partial charge in [0.2, 0.25) is 0 Å². The summed E-state index contributed by atoms with van der Waals surface area (Å²) in [7, 11) is 4.96. The molecule has 1 atom stereocenters. The molecule has 0 aliphatic carbocycles. The normalized spacial score (nSPS) is 11.5. The smallest absolute Gasteiger partial charge is 0.263 e. The first kappa shape index (κ1) is 17.7. The van der Waals surface area contributed by atoms with Crippen molar-refractivity contribution in [1.82, 2.24) is 4.90 Å². The SMILES string of the molecule is COc1ccc(CN(C)C(=O)[C@@H](C)Oc2ccccc2OC)cc1. The quantitative estimate of drug-likeness (QED) is 0.783. The number of amides is 1. The molecule has 5 nitrogen and oxygen atoms in total. The molecule has 2 aromatic rings. The molecule has 5 heteroatoms. The van der Waals surface area contributed by atoms with Gasteiger partial charge in [-0.2, -0.15) is 0 Å². The Hall–Kier alpha value is -2.69. The van der Waals surface area contributed by atoms with Crippen LogP contribution in [0.5, 0.6) is 17.2 Å². The lowest BCUT2D eigenvalue weighted by molar-refractivity contribution is -0.137. The Morgan fingerprint density at radius 1 is 1.00 bits per heavy atom. The number of carbonyl (C=O) groups excluding carboxylic acids is 1. The van der Waals surface area contributed by atoms with Gasteiger partial charge in [-0.15, -0.1) is 0 Å². The molecule has 24 heavy (non-hydrogen) atoms. The lowest BCUT2D eigenvalue weighted by Gasteiger charge is -2.23. The summed E-state index contributed by atoms with van der Waals surface area (Å²) in [6.07, 6.45) is -0.607. The van der Waals surface area contributed by atoms with Crippen LogP contribution in [0.1, 0.15) is 12.5 Å². The maximum atomic E-state index is 12.5. The molecule has 0 saturated carbocycles. The van der Waals surface area contributed by atoms with Gasteiger partial charge in [-0.3, -0.25) is 4.79 Å². The van der Waals surface area contributed by atoms with E-state index >= 15 is 0 Å². The van der Waals surface area contributed by atoms with Crippen LogP contribution in [0.25, 0.3) is 0 Å². The third-order valence-corrected chi connectivity index (χ3v) is 3.68. The largest absolute Gasteiger partial charge is 0.497 e. The minimum atomic E-state index is -0.607. The Morgan fingerprint density at radius 2 is 1.62 bits per heavy atom. The molecule has 2 rings (SSSR count). The van der Waals surface area contributed by atoms with Crippen molar-refractivity contribution in [2.24, 2.45) is 0 Å². The van der Waals surface area contributed by atoms with E-state index in [1.165, 1.54) is 0 Å². The molecule has 0 fully saturated rings. The third-order valence-electron chi connectivity index (χ3n) is 3.68. The number of rotatable bonds is 7. The minimum Gasteiger partial charge on any atom is -0.497 e. The molecule has 0 heterocycles. The van der Waals surface area contributed by atoms with Crippen molar-refractivity contribution < 1.29 is 19.0 Å². The number of methoxy groups -OCH3 is 2. The predicted octanol–water partition coefficient (Wildman–Crippen LogP) is 3.13. The Labute approximate surface area is 142 Å². The molecule has 1 amide bonds. The summed E-state index contributed by atoms with van der Waals surface area (Å²) in [6, 6.07) is 14.9. The van der Waals surface area contributed by atoms with Gasteiger partial charge in [0.05, 0.1) is 14.2 Å². The third kappa shape index (κ3) is 4.41. The van der Waals surface area contributed by atoms with E-state index in [0.717, 1.165) is 11.3 Å². The first-order chi connectivity index (χ1) is 11.5. The number of likely N-dealkylation sites (N-methyl/N-ethyl adjacent to an activating group) is 1. The summed E-state index contributed by atoms with van der Waals surface area (Å²) in [6.45, 7) is 2.24. The van der Waals surface area contributed by atoms with Gasteiger partial charge >= 0.3 is 0 Å². The number of hydrogen-bond acceptors (Lipinski definition) is 4. The van der Waals surface area contributed by atoms with Crippen molar-refractivity contribution in [3.63, 3.8) is 0 Å². The van der Waals surface area contributed by atoms with Gasteiger partial charge in [-0.05, 0) is 36.8 Å². The monoisotopic (exact) mass is 329 g/mol. The molecule has 0 N–H and O–H groups in total. The zero-order valence-corrected chi connectivity index (χ0v) is 14.5. The van der Waals surface area contributed by atoms with Crippen molar-refractivity contribution in [3.8, 4) is 17.2 Å². The average Bonchev–Trinajstić information content (AvgIpc) is 2.62. The molecule has 0 bridgehead atoms. The van der Waals surface area contributed by atoms with Gasteiger partial charge < -0.3 is 19.1 Å². The van der Waals surface area contributed by atoms with Gasteiger partial charge in [-0.25, -0.2) is 0 Å². The molecule has 0 saturated heterocycles. The lowest BCUT2D eigenvalue weighted by Crippen LogP contribution is -2.37. The van der Waals surface area contributed by atoms with Crippen LogP contribution in [0.4, 0.5) is 0 Å². The van der Waals surface area contributed by atoms with E-state index in [1.54, 1.807) is 45.2 Å². The number of ether oxygens (including phenoxy) is 3. The average molecular weight is 329 g/mol. The van der Waals surface area contributed by atoms with Crippen LogP contribution in [-0.2, 0) is 11.3 Å². The van der Waals surface area contributed by atoms with Crippen LogP contribution in [0, 0.1) is 0 Å². The highest BCUT2D eigenvalue weighted by atomic mass is 16.5. The number of nitrogens with zero attached hydrogens (tertiary/aromatic N) is 1. The molecule has 0 spiro atoms. The zero-order valence-electron chi connectivity index (χ0n) is 14.5. The highest BCUT2D eigenvalue weighted by Crippen LogP contribution is 2.27. The van der Waals surface area contributed by atoms with Crippen LogP contribution in [0.2, 0.25) is 0 Å². The molecular weight excluding hydrogens is 306 g/mol. The van der Waals surface area contributed by atoms with Crippen LogP contribution >= 0.6 is 0 Å². The lowest BCUT2D eigenvalue weighted by atomic mass is 10.2. The summed E-state index contributed by atoms with van der Waals surface area (Å²) in [4.78, 5) is 14.2. The standard InChI is InChI=1S/C19H23NO4/c1-14(24-18-8-6-5-7-17(18)23-4)19(21)20(2)13-15-9-11-16(22-3)12-10-15/h5-12,14H,13H2,1-4H3/t14-/m1/s1. The van der Waals surface area contributed by atoms with E-state index in [-0.39, 0.29) is 5.91 Å². The molecule has 0 aliphatic rings. The van der Waals surface area contributed by atoms with Gasteiger partial charge in [-0.1, -0.05) is 24.3 Å². The van der Waals surface area contributed by atoms with Crippen molar-refractivity contribution in [1.29, 1.82) is 0 Å². The van der Waals surface area contributed by atoms with E-state index < -0.39 is 6.10 Å². The second-order valence-corrected chi connectivity index (χ2v) is 5.45. The second-order valence-electron chi connectivity index (χ2n) is 5.45. The number of hydrogen-bond donors (Lipinski definition) is 0. The van der Waals surface area contributed by atoms with E-state index in [9.17, 15) is 4.79 Å². The maximum absolute atomic E-state index is 12.5. The topological polar surface area (TPSA) is 48.0 Å². The number of para-hydroxylation sites is 2. The van der Waals surface area contributed by atoms with E-state index in [4.69, 9.17) is 14.2 Å². The Kier molecular flexibility index (Phi) is 6.07. The first-order valence-electron chi connectivity index (χ1n) is 7.72. The summed E-state index contributed by atoms with van der Waals surface area (Å²) in [5.74, 6) is 1.85. The summed E-state index contributed by atoms with van der Waals surface area (Å²) >= 11 is 0. The van der Waals surface area contributed by atoms with Gasteiger partial charge in [0.25, 0.3) is 5.91 Å². The molecule has 0 aromatic heterocycles. The van der Waals surface area contributed by atoms with Crippen LogP contribution in [-0.4, -0.2) is 38.2 Å². The van der Waals surface area contributed by atoms with E-state index in [2.05, 4.69) is 0 Å². The Bertz CT molecular complexity index is 669. The fourth-order valence-electron chi connectivity index (χ4n) is 2.35. The van der Waals surface area contributed by atoms with E-state index in [1.807, 2.05) is 36.4 Å². The van der Waals surface area contributed by atoms with Gasteiger partial charge in [0, 0.05) is 13.6 Å². The minimum absolute atomic E-state index is 0.100. The highest BCUT2D eigenvalue weighted by Gasteiger charge is 2.20. The van der Waals surface area contributed by atoms with Crippen molar-refractivity contribution in [2.75, 3.05) is 21.3 Å². The van der Waals surface area contributed by atoms with Crippen molar-refractivity contribution in [2.45, 2.75) is 19.6 Å². The summed E-state index contributed by atoms with van der Waals surface area (Å²) in [5, 5.41) is 0. The number of carbonyl (C=O) groups is 1. The van der Waals surface area contributed by atoms with Crippen molar-refractivity contribution in [3.05, 3.63) is 54.1 Å². The fourth-order valence-corrected chi connectivity index (χ4v) is 2.35. The summed E-state index contributed by atoms with van der Waals surface area (Å²) < 4.78 is 16.1. The maximum Gasteiger partial charge on any atom is 0.263 e. The van der Waals surface area contributed by atoms with Gasteiger partial charge in [0.1, 0.15) is 5.75 Å². The van der Waals surface area contributed by atoms with E-state index in [0.29, 0.717) is 18.0 Å². The van der Waals surface area contributed by atoms with Crippen LogP contribution < -0.4 is 14.2 Å². The molecule has 0 radical (unpaired) electrons. The molecule has 128 valence electrons. The Balaban J connectivity index is 1.98. The van der Waals surface area contributed by atoms with Crippen molar-refractivity contribution >= 4 is 5.91 Å². The summed E-state index contributed by atoms with van der Waals surface area (Å²) in [5.41, 5.74) is 1.02. The van der Waals surface area contributed by atoms with Crippen LogP contribution in [0.3, 0.4) is 0 Å². The predicted molar refractivity (Wildman–Crippen MR) is 92.6 cm³/mol. The molecule has 0 unspecified atom stereocenters. The first-order valence-corrected chi connectivity index (χ1v) is 7.72. The highest BCUT2D eigenvalue weighted by molar-refractivity contribution is 5.80. The number of benzene rings is 2. The zero-order chi connectivity index (χ0) is 17.5. The Morgan fingerprint density at radius 3 is 2.21 bits per heavy atom. The van der Waals surface area contributed by atoms with Gasteiger partial charge in [0.15, 0.2) is 17.6 Å². The molecule has 2 aromatic carbocycles. The second kappa shape index (κ2) is 8.24. The fraction of sp³-hybridized carbons (Fsp3) is 0.316. The molecule has 0 aliphatic heterocycles. The van der Waals surface area contributed by atoms with Crippen LogP contribution in [0.15, 0.2) is 48.5 Å². The molecular formula is C19H23NO4.